The van der Waals surface area contributed by atoms with Gasteiger partial charge in [-0.2, -0.15) is 0 Å². The molecule has 0 spiro atoms. The van der Waals surface area contributed by atoms with E-state index in [4.69, 9.17) is 23.1 Å². The minimum atomic E-state index is -0.764. The Morgan fingerprint density at radius 3 is 2.42 bits per heavy atom. The van der Waals surface area contributed by atoms with Gasteiger partial charge < -0.3 is 16.8 Å². The van der Waals surface area contributed by atoms with Crippen molar-refractivity contribution in [1.82, 2.24) is 0 Å². The molecule has 0 aromatic heterocycles. The maximum Gasteiger partial charge on any atom is 0.169 e. The molecule has 2 aromatic rings. The molecule has 0 unspecified atom stereocenters. The van der Waals surface area contributed by atoms with Crippen LogP contribution in [-0.4, -0.2) is 0 Å². The Hall–Kier alpha value is -2.01. The van der Waals surface area contributed by atoms with Crippen molar-refractivity contribution in [3.8, 4) is 0 Å². The fraction of sp³-hybridized carbons (Fsp3) is 0.0769. The first-order valence-electron chi connectivity index (χ1n) is 5.46. The quantitative estimate of drug-likeness (QED) is 0.734. The van der Waals surface area contributed by atoms with Crippen molar-refractivity contribution in [2.45, 2.75) is 6.92 Å². The topological polar surface area (TPSA) is 64.1 Å². The molecule has 0 bridgehead atoms. The number of hydrogen-bond donors (Lipinski definition) is 3. The molecule has 2 rings (SSSR count). The Morgan fingerprint density at radius 2 is 1.79 bits per heavy atom. The predicted molar refractivity (Wildman–Crippen MR) is 74.7 cm³/mol. The number of anilines is 4. The highest BCUT2D eigenvalue weighted by atomic mass is 35.5. The number of benzene rings is 2. The van der Waals surface area contributed by atoms with Crippen LogP contribution in [0.15, 0.2) is 24.3 Å². The molecule has 3 nitrogen and oxygen atoms in total. The first-order valence-corrected chi connectivity index (χ1v) is 5.84. The third-order valence-electron chi connectivity index (χ3n) is 2.71. The van der Waals surface area contributed by atoms with Crippen molar-refractivity contribution in [2.75, 3.05) is 16.8 Å². The molecule has 0 saturated heterocycles. The van der Waals surface area contributed by atoms with E-state index in [1.807, 2.05) is 0 Å². The predicted octanol–water partition coefficient (Wildman–Crippen LogP) is 3.83. The third-order valence-corrected chi connectivity index (χ3v) is 3.09. The summed E-state index contributed by atoms with van der Waals surface area (Å²) in [6, 6.07) is 5.78. The van der Waals surface area contributed by atoms with Gasteiger partial charge in [-0.25, -0.2) is 8.78 Å². The molecular formula is C13H12ClF2N3. The molecule has 0 radical (unpaired) electrons. The van der Waals surface area contributed by atoms with Gasteiger partial charge in [0.05, 0.1) is 17.1 Å². The number of nitrogens with one attached hydrogen (secondary N) is 1. The molecule has 0 fully saturated rings. The zero-order valence-electron chi connectivity index (χ0n) is 10.1. The average Bonchev–Trinajstić information content (AvgIpc) is 2.36. The van der Waals surface area contributed by atoms with E-state index in [2.05, 4.69) is 5.32 Å². The number of halogens is 3. The highest BCUT2D eigenvalue weighted by Crippen LogP contribution is 2.35. The smallest absolute Gasteiger partial charge is 0.169 e. The second-order valence-electron chi connectivity index (χ2n) is 4.15. The van der Waals surface area contributed by atoms with Gasteiger partial charge in [-0.1, -0.05) is 17.7 Å². The van der Waals surface area contributed by atoms with Gasteiger partial charge in [-0.05, 0) is 30.7 Å². The minimum Gasteiger partial charge on any atom is -0.397 e. The number of aryl methyl sites for hydroxylation is 1. The van der Waals surface area contributed by atoms with Crippen LogP contribution in [0.1, 0.15) is 5.56 Å². The van der Waals surface area contributed by atoms with Gasteiger partial charge >= 0.3 is 0 Å². The van der Waals surface area contributed by atoms with Gasteiger partial charge in [-0.15, -0.1) is 0 Å². The molecule has 2 aromatic carbocycles. The SMILES string of the molecule is Cc1ccc(Nc2c(N)cc(N)c(Cl)c2F)cc1F. The maximum atomic E-state index is 13.9. The molecule has 0 aliphatic heterocycles. The van der Waals surface area contributed by atoms with Crippen LogP contribution in [0.5, 0.6) is 0 Å². The van der Waals surface area contributed by atoms with Gasteiger partial charge in [0.1, 0.15) is 10.8 Å². The Balaban J connectivity index is 2.43. The molecule has 0 atom stereocenters. The number of rotatable bonds is 2. The first kappa shape index (κ1) is 13.4. The Morgan fingerprint density at radius 1 is 1.11 bits per heavy atom. The van der Waals surface area contributed by atoms with Crippen LogP contribution in [0.25, 0.3) is 0 Å². The zero-order valence-corrected chi connectivity index (χ0v) is 10.9. The van der Waals surface area contributed by atoms with E-state index in [1.54, 1.807) is 19.1 Å². The fourth-order valence-corrected chi connectivity index (χ4v) is 1.76. The number of nitrogen functional groups attached to an aromatic ring is 2. The van der Waals surface area contributed by atoms with Gasteiger partial charge in [0, 0.05) is 5.69 Å². The van der Waals surface area contributed by atoms with Crippen molar-refractivity contribution >= 4 is 34.4 Å². The number of hydrogen-bond acceptors (Lipinski definition) is 3. The molecule has 0 aliphatic rings. The third kappa shape index (κ3) is 2.56. The summed E-state index contributed by atoms with van der Waals surface area (Å²) in [6.07, 6.45) is 0. The second-order valence-corrected chi connectivity index (χ2v) is 4.52. The maximum absolute atomic E-state index is 13.9. The van der Waals surface area contributed by atoms with E-state index in [0.29, 0.717) is 11.3 Å². The molecule has 5 N–H and O–H groups in total. The van der Waals surface area contributed by atoms with Crippen LogP contribution in [0.4, 0.5) is 31.5 Å². The Kier molecular flexibility index (Phi) is 3.48. The molecule has 100 valence electrons. The van der Waals surface area contributed by atoms with Crippen LogP contribution in [-0.2, 0) is 0 Å². The van der Waals surface area contributed by atoms with E-state index in [1.165, 1.54) is 12.1 Å². The Bertz CT molecular complexity index is 644. The summed E-state index contributed by atoms with van der Waals surface area (Å²) < 4.78 is 27.4. The van der Waals surface area contributed by atoms with Gasteiger partial charge in [0.15, 0.2) is 5.82 Å². The summed E-state index contributed by atoms with van der Waals surface area (Å²) in [7, 11) is 0. The highest BCUT2D eigenvalue weighted by Gasteiger charge is 2.14. The molecule has 0 heterocycles. The highest BCUT2D eigenvalue weighted by molar-refractivity contribution is 6.33. The summed E-state index contributed by atoms with van der Waals surface area (Å²) >= 11 is 5.71. The van der Waals surface area contributed by atoms with Gasteiger partial charge in [0.2, 0.25) is 0 Å². The zero-order chi connectivity index (χ0) is 14.2. The largest absolute Gasteiger partial charge is 0.397 e. The normalized spacial score (nSPS) is 10.5. The van der Waals surface area contributed by atoms with Gasteiger partial charge in [0.25, 0.3) is 0 Å². The molecule has 0 amide bonds. The van der Waals surface area contributed by atoms with E-state index in [0.717, 1.165) is 0 Å². The van der Waals surface area contributed by atoms with E-state index in [9.17, 15) is 8.78 Å². The molecule has 0 aliphatic carbocycles. The minimum absolute atomic E-state index is 0.0255. The van der Waals surface area contributed by atoms with Crippen LogP contribution in [0.2, 0.25) is 5.02 Å². The summed E-state index contributed by atoms with van der Waals surface area (Å²) in [6.45, 7) is 1.63. The van der Waals surface area contributed by atoms with E-state index >= 15 is 0 Å². The molecule has 6 heteroatoms. The monoisotopic (exact) mass is 283 g/mol. The van der Waals surface area contributed by atoms with E-state index < -0.39 is 11.6 Å². The summed E-state index contributed by atoms with van der Waals surface area (Å²) in [4.78, 5) is 0. The van der Waals surface area contributed by atoms with Crippen molar-refractivity contribution in [3.05, 3.63) is 46.5 Å². The van der Waals surface area contributed by atoms with Crippen LogP contribution in [0.3, 0.4) is 0 Å². The lowest BCUT2D eigenvalue weighted by Gasteiger charge is -2.13. The van der Waals surface area contributed by atoms with Crippen molar-refractivity contribution < 1.29 is 8.78 Å². The van der Waals surface area contributed by atoms with Crippen LogP contribution in [0, 0.1) is 18.6 Å². The average molecular weight is 284 g/mol. The summed E-state index contributed by atoms with van der Waals surface area (Å²) in [5, 5.41) is 2.48. The lowest BCUT2D eigenvalue weighted by Crippen LogP contribution is -2.03. The van der Waals surface area contributed by atoms with Gasteiger partial charge in [-0.3, -0.25) is 0 Å². The summed E-state index contributed by atoms with van der Waals surface area (Å²) in [5.74, 6) is -1.16. The lowest BCUT2D eigenvalue weighted by atomic mass is 10.2. The van der Waals surface area contributed by atoms with E-state index in [-0.39, 0.29) is 22.1 Å². The van der Waals surface area contributed by atoms with Crippen LogP contribution < -0.4 is 16.8 Å². The van der Waals surface area contributed by atoms with Crippen molar-refractivity contribution in [1.29, 1.82) is 0 Å². The molecular weight excluding hydrogens is 272 g/mol. The second kappa shape index (κ2) is 4.93. The van der Waals surface area contributed by atoms with Crippen LogP contribution >= 0.6 is 11.6 Å². The van der Waals surface area contributed by atoms with Crippen molar-refractivity contribution in [2.24, 2.45) is 0 Å². The lowest BCUT2D eigenvalue weighted by molar-refractivity contribution is 0.618. The summed E-state index contributed by atoms with van der Waals surface area (Å²) in [5.41, 5.74) is 12.1. The molecule has 0 saturated carbocycles. The fourth-order valence-electron chi connectivity index (χ4n) is 1.61. The standard InChI is InChI=1S/C13H12ClF2N3/c1-6-2-3-7(4-8(6)15)19-13-10(18)5-9(17)11(14)12(13)16/h2-5,19H,17-18H2,1H3. The molecule has 19 heavy (non-hydrogen) atoms. The first-order chi connectivity index (χ1) is 8.90. The van der Waals surface area contributed by atoms with Crippen molar-refractivity contribution in [3.63, 3.8) is 0 Å². The number of nitrogens with two attached hydrogens (primary N) is 2. The Labute approximate surface area is 114 Å².